The minimum atomic E-state index is -1.81. The summed E-state index contributed by atoms with van der Waals surface area (Å²) in [5.41, 5.74) is 5.21. The van der Waals surface area contributed by atoms with E-state index in [-0.39, 0.29) is 5.04 Å². The molecule has 0 aromatic carbocycles. The minimum Gasteiger partial charge on any atom is -0.364 e. The van der Waals surface area contributed by atoms with Gasteiger partial charge in [0, 0.05) is 0 Å². The molecule has 0 saturated carbocycles. The van der Waals surface area contributed by atoms with Crippen LogP contribution in [0.25, 0.3) is 0 Å². The fourth-order valence-electron chi connectivity index (χ4n) is 0.371. The molecule has 0 fully saturated rings. The zero-order chi connectivity index (χ0) is 9.28. The van der Waals surface area contributed by atoms with Gasteiger partial charge in [-0.3, -0.25) is 5.50 Å². The standard InChI is InChI=1S/C6H18NO2PSi/c1-6(2,3)11(4,5)9-10(7)8/h8H,7H2,1-5H3. The summed E-state index contributed by atoms with van der Waals surface area (Å²) in [6.07, 6.45) is 0. The molecule has 0 saturated heterocycles. The van der Waals surface area contributed by atoms with Crippen molar-refractivity contribution in [2.75, 3.05) is 0 Å². The summed E-state index contributed by atoms with van der Waals surface area (Å²) >= 11 is 0. The van der Waals surface area contributed by atoms with Gasteiger partial charge in [0.2, 0.25) is 16.8 Å². The molecule has 0 heterocycles. The topological polar surface area (TPSA) is 55.5 Å². The van der Waals surface area contributed by atoms with E-state index in [0.29, 0.717) is 0 Å². The Morgan fingerprint density at radius 3 is 1.82 bits per heavy atom. The lowest BCUT2D eigenvalue weighted by Crippen LogP contribution is -2.39. The van der Waals surface area contributed by atoms with E-state index in [4.69, 9.17) is 14.6 Å². The van der Waals surface area contributed by atoms with Crippen LogP contribution in [0.2, 0.25) is 18.1 Å². The summed E-state index contributed by atoms with van der Waals surface area (Å²) < 4.78 is 5.34. The average molecular weight is 195 g/mol. The third kappa shape index (κ3) is 3.63. The Kier molecular flexibility index (Phi) is 3.67. The monoisotopic (exact) mass is 195 g/mol. The SMILES string of the molecule is CC(C)(C)[Si](C)(C)OP(N)O. The van der Waals surface area contributed by atoms with Gasteiger partial charge >= 0.3 is 0 Å². The van der Waals surface area contributed by atoms with Crippen molar-refractivity contribution in [3.05, 3.63) is 0 Å². The highest BCUT2D eigenvalue weighted by Crippen LogP contribution is 2.42. The lowest BCUT2D eigenvalue weighted by atomic mass is 10.2. The Morgan fingerprint density at radius 2 is 1.73 bits per heavy atom. The third-order valence-corrected chi connectivity index (χ3v) is 8.31. The Bertz CT molecular complexity index is 133. The van der Waals surface area contributed by atoms with E-state index in [0.717, 1.165) is 0 Å². The van der Waals surface area contributed by atoms with Gasteiger partial charge in [-0.2, -0.15) is 0 Å². The third-order valence-electron chi connectivity index (χ3n) is 2.13. The zero-order valence-electron chi connectivity index (χ0n) is 7.88. The second-order valence-electron chi connectivity index (χ2n) is 4.15. The van der Waals surface area contributed by atoms with E-state index >= 15 is 0 Å². The van der Waals surface area contributed by atoms with Gasteiger partial charge in [-0.1, -0.05) is 20.8 Å². The van der Waals surface area contributed by atoms with Gasteiger partial charge in [0.15, 0.2) is 0 Å². The van der Waals surface area contributed by atoms with Gasteiger partial charge in [-0.15, -0.1) is 0 Å². The molecule has 0 aromatic heterocycles. The molecule has 0 aromatic rings. The molecule has 11 heavy (non-hydrogen) atoms. The predicted octanol–water partition coefficient (Wildman–Crippen LogP) is 2.19. The quantitative estimate of drug-likeness (QED) is 0.524. The summed E-state index contributed by atoms with van der Waals surface area (Å²) in [6.45, 7) is 10.4. The fourth-order valence-corrected chi connectivity index (χ4v) is 3.34. The highest BCUT2D eigenvalue weighted by atomic mass is 31.2. The molecule has 68 valence electrons. The highest BCUT2D eigenvalue weighted by Gasteiger charge is 2.38. The summed E-state index contributed by atoms with van der Waals surface area (Å²) in [7, 11) is -3.51. The van der Waals surface area contributed by atoms with Crippen LogP contribution in [0.5, 0.6) is 0 Å². The first-order valence-corrected chi connectivity index (χ1v) is 7.78. The van der Waals surface area contributed by atoms with Crippen LogP contribution in [0.15, 0.2) is 0 Å². The van der Waals surface area contributed by atoms with Gasteiger partial charge < -0.3 is 9.11 Å². The first-order valence-electron chi connectivity index (χ1n) is 3.59. The first-order chi connectivity index (χ1) is 4.67. The Hall–Kier alpha value is 0.527. The molecule has 0 radical (unpaired) electrons. The largest absolute Gasteiger partial charge is 0.364 e. The van der Waals surface area contributed by atoms with Crippen LogP contribution >= 0.6 is 8.53 Å². The van der Waals surface area contributed by atoms with Crippen LogP contribution in [0.1, 0.15) is 20.8 Å². The maximum atomic E-state index is 8.91. The second-order valence-corrected chi connectivity index (χ2v) is 10.0. The molecule has 1 unspecified atom stereocenters. The van der Waals surface area contributed by atoms with Gasteiger partial charge in [0.1, 0.15) is 0 Å². The smallest absolute Gasteiger partial charge is 0.239 e. The van der Waals surface area contributed by atoms with Crippen LogP contribution in [-0.4, -0.2) is 13.2 Å². The average Bonchev–Trinajstić information content (AvgIpc) is 1.56. The lowest BCUT2D eigenvalue weighted by Gasteiger charge is -2.36. The Morgan fingerprint density at radius 1 is 1.36 bits per heavy atom. The summed E-state index contributed by atoms with van der Waals surface area (Å²) in [5.74, 6) is 0. The Balaban J connectivity index is 4.22. The van der Waals surface area contributed by atoms with E-state index < -0.39 is 16.8 Å². The van der Waals surface area contributed by atoms with Crippen molar-refractivity contribution in [1.82, 2.24) is 0 Å². The van der Waals surface area contributed by atoms with Crippen molar-refractivity contribution < 1.29 is 9.11 Å². The predicted molar refractivity (Wildman–Crippen MR) is 51.6 cm³/mol. The van der Waals surface area contributed by atoms with Crippen LogP contribution in [0, 0.1) is 0 Å². The van der Waals surface area contributed by atoms with Gasteiger partial charge in [-0.05, 0) is 18.1 Å². The molecule has 5 heteroatoms. The number of hydrogen-bond donors (Lipinski definition) is 2. The van der Waals surface area contributed by atoms with Crippen LogP contribution in [0.3, 0.4) is 0 Å². The summed E-state index contributed by atoms with van der Waals surface area (Å²) in [5, 5.41) is 0.121. The maximum absolute atomic E-state index is 8.91. The molecule has 3 nitrogen and oxygen atoms in total. The highest BCUT2D eigenvalue weighted by molar-refractivity contribution is 7.45. The minimum absolute atomic E-state index is 0.121. The van der Waals surface area contributed by atoms with E-state index in [2.05, 4.69) is 33.9 Å². The zero-order valence-corrected chi connectivity index (χ0v) is 9.77. The molecular weight excluding hydrogens is 177 g/mol. The van der Waals surface area contributed by atoms with Crippen molar-refractivity contribution in [3.63, 3.8) is 0 Å². The number of hydrogen-bond acceptors (Lipinski definition) is 3. The van der Waals surface area contributed by atoms with Crippen molar-refractivity contribution in [2.45, 2.75) is 38.9 Å². The Labute approximate surface area is 71.0 Å². The van der Waals surface area contributed by atoms with Crippen molar-refractivity contribution in [1.29, 1.82) is 0 Å². The van der Waals surface area contributed by atoms with Gasteiger partial charge in [0.05, 0.1) is 0 Å². The molecule has 1 atom stereocenters. The molecule has 0 rings (SSSR count). The van der Waals surface area contributed by atoms with Gasteiger partial charge in [-0.25, -0.2) is 0 Å². The van der Waals surface area contributed by atoms with E-state index in [1.165, 1.54) is 0 Å². The molecule has 0 spiro atoms. The summed E-state index contributed by atoms with van der Waals surface area (Å²) in [6, 6.07) is 0. The number of nitrogens with two attached hydrogens (primary N) is 1. The molecule has 0 aliphatic rings. The van der Waals surface area contributed by atoms with Crippen molar-refractivity contribution >= 4 is 16.8 Å². The molecule has 0 aliphatic carbocycles. The lowest BCUT2D eigenvalue weighted by molar-refractivity contribution is 0.455. The van der Waals surface area contributed by atoms with E-state index in [9.17, 15) is 0 Å². The molecule has 0 bridgehead atoms. The number of rotatable bonds is 2. The maximum Gasteiger partial charge on any atom is 0.239 e. The normalized spacial score (nSPS) is 16.6. The molecule has 3 N–H and O–H groups in total. The second kappa shape index (κ2) is 3.50. The van der Waals surface area contributed by atoms with Crippen LogP contribution in [-0.2, 0) is 4.21 Å². The first kappa shape index (κ1) is 11.5. The molecular formula is C6H18NO2PSi. The van der Waals surface area contributed by atoms with Crippen LogP contribution in [0.4, 0.5) is 0 Å². The van der Waals surface area contributed by atoms with E-state index in [1.807, 2.05) is 0 Å². The fraction of sp³-hybridized carbons (Fsp3) is 1.00. The van der Waals surface area contributed by atoms with E-state index in [1.54, 1.807) is 0 Å². The van der Waals surface area contributed by atoms with Crippen LogP contribution < -0.4 is 5.50 Å². The van der Waals surface area contributed by atoms with Crippen molar-refractivity contribution in [3.8, 4) is 0 Å². The molecule has 0 amide bonds. The van der Waals surface area contributed by atoms with Gasteiger partial charge in [0.25, 0.3) is 0 Å². The summed E-state index contributed by atoms with van der Waals surface area (Å²) in [4.78, 5) is 8.91. The molecule has 0 aliphatic heterocycles. The van der Waals surface area contributed by atoms with Crippen molar-refractivity contribution in [2.24, 2.45) is 5.50 Å².